The molecule has 0 heterocycles. The van der Waals surface area contributed by atoms with Gasteiger partial charge in [-0.2, -0.15) is 0 Å². The number of halogens is 2. The van der Waals surface area contributed by atoms with Crippen LogP contribution in [-0.2, 0) is 0 Å². The maximum absolute atomic E-state index is 6.12. The van der Waals surface area contributed by atoms with E-state index in [-0.39, 0.29) is 6.04 Å². The highest BCUT2D eigenvalue weighted by molar-refractivity contribution is 9.10. The van der Waals surface area contributed by atoms with Gasteiger partial charge in [0, 0.05) is 10.5 Å². The van der Waals surface area contributed by atoms with Crippen molar-refractivity contribution >= 4 is 27.5 Å². The third-order valence-corrected chi connectivity index (χ3v) is 4.82. The maximum atomic E-state index is 6.12. The number of nitrogens with one attached hydrogen (secondary N) is 1. The number of rotatable bonds is 4. The van der Waals surface area contributed by atoms with E-state index in [1.54, 1.807) is 0 Å². The molecule has 4 heteroatoms. The van der Waals surface area contributed by atoms with E-state index in [9.17, 15) is 0 Å². The highest BCUT2D eigenvalue weighted by Crippen LogP contribution is 2.34. The first-order chi connectivity index (χ1) is 8.20. The van der Waals surface area contributed by atoms with Crippen molar-refractivity contribution in [3.8, 4) is 0 Å². The molecule has 1 fully saturated rings. The number of hydrogen-bond acceptors (Lipinski definition) is 2. The summed E-state index contributed by atoms with van der Waals surface area (Å²) in [6.45, 7) is 0. The minimum absolute atomic E-state index is 0.212. The second-order valence-electron chi connectivity index (χ2n) is 4.78. The van der Waals surface area contributed by atoms with Crippen molar-refractivity contribution < 1.29 is 0 Å². The van der Waals surface area contributed by atoms with Crippen LogP contribution in [-0.4, -0.2) is 0 Å². The van der Waals surface area contributed by atoms with E-state index in [2.05, 4.69) is 27.4 Å². The first-order valence-corrected chi connectivity index (χ1v) is 7.29. The predicted molar refractivity (Wildman–Crippen MR) is 75.8 cm³/mol. The lowest BCUT2D eigenvalue weighted by molar-refractivity contribution is 0.400. The van der Waals surface area contributed by atoms with E-state index in [4.69, 9.17) is 17.4 Å². The summed E-state index contributed by atoms with van der Waals surface area (Å²) in [4.78, 5) is 0. The quantitative estimate of drug-likeness (QED) is 0.645. The topological polar surface area (TPSA) is 38.0 Å². The van der Waals surface area contributed by atoms with Crippen LogP contribution in [0.5, 0.6) is 0 Å². The summed E-state index contributed by atoms with van der Waals surface area (Å²) in [7, 11) is 0. The Bertz CT molecular complexity index is 378. The van der Waals surface area contributed by atoms with Gasteiger partial charge >= 0.3 is 0 Å². The van der Waals surface area contributed by atoms with Crippen molar-refractivity contribution in [1.29, 1.82) is 0 Å². The van der Waals surface area contributed by atoms with Gasteiger partial charge in [0.1, 0.15) is 0 Å². The molecular weight excluding hydrogens is 300 g/mol. The monoisotopic (exact) mass is 316 g/mol. The van der Waals surface area contributed by atoms with Crippen molar-refractivity contribution in [2.75, 3.05) is 0 Å². The molecule has 1 saturated carbocycles. The van der Waals surface area contributed by atoms with E-state index < -0.39 is 0 Å². The average molecular weight is 318 g/mol. The number of hydrogen-bond donors (Lipinski definition) is 2. The molecule has 0 radical (unpaired) electrons. The molecule has 1 unspecified atom stereocenters. The van der Waals surface area contributed by atoms with Gasteiger partial charge in [0.2, 0.25) is 0 Å². The lowest BCUT2D eigenvalue weighted by Gasteiger charge is -2.20. The molecule has 2 rings (SSSR count). The van der Waals surface area contributed by atoms with Gasteiger partial charge in [-0.15, -0.1) is 0 Å². The van der Waals surface area contributed by atoms with Crippen molar-refractivity contribution in [3.05, 3.63) is 33.3 Å². The van der Waals surface area contributed by atoms with Crippen molar-refractivity contribution in [1.82, 2.24) is 5.43 Å². The molecule has 1 aliphatic carbocycles. The Hall–Kier alpha value is -0.0900. The smallest absolute Gasteiger partial charge is 0.0551 e. The third kappa shape index (κ3) is 3.44. The Morgan fingerprint density at radius 1 is 1.41 bits per heavy atom. The fourth-order valence-corrected chi connectivity index (χ4v) is 3.04. The van der Waals surface area contributed by atoms with Gasteiger partial charge in [0.25, 0.3) is 0 Å². The lowest BCUT2D eigenvalue weighted by Crippen LogP contribution is -2.29. The Morgan fingerprint density at radius 3 is 2.71 bits per heavy atom. The number of hydrazine groups is 1. The summed E-state index contributed by atoms with van der Waals surface area (Å²) in [5.74, 6) is 6.47. The van der Waals surface area contributed by atoms with Gasteiger partial charge in [-0.25, -0.2) is 0 Å². The Morgan fingerprint density at radius 2 is 2.12 bits per heavy atom. The SMILES string of the molecule is NNC(CC1CCCC1)c1ccc(Br)c(Cl)c1. The molecule has 1 aromatic carbocycles. The zero-order chi connectivity index (χ0) is 12.3. The normalized spacial score (nSPS) is 18.5. The van der Waals surface area contributed by atoms with Crippen molar-refractivity contribution in [2.45, 2.75) is 38.1 Å². The number of benzene rings is 1. The van der Waals surface area contributed by atoms with E-state index in [0.717, 1.165) is 21.8 Å². The van der Waals surface area contributed by atoms with Crippen LogP contribution >= 0.6 is 27.5 Å². The van der Waals surface area contributed by atoms with Gasteiger partial charge in [-0.1, -0.05) is 43.4 Å². The second-order valence-corrected chi connectivity index (χ2v) is 6.04. The molecule has 2 nitrogen and oxygen atoms in total. The standard InChI is InChI=1S/C13H18BrClN2/c14-11-6-5-10(8-12(11)15)13(17-16)7-9-3-1-2-4-9/h5-6,8-9,13,17H,1-4,7,16H2. The molecule has 1 aromatic rings. The first kappa shape index (κ1) is 13.3. The van der Waals surface area contributed by atoms with Crippen LogP contribution < -0.4 is 11.3 Å². The zero-order valence-corrected chi connectivity index (χ0v) is 12.1. The highest BCUT2D eigenvalue weighted by Gasteiger charge is 2.20. The Labute approximate surface area is 116 Å². The average Bonchev–Trinajstić information content (AvgIpc) is 2.82. The molecule has 3 N–H and O–H groups in total. The van der Waals surface area contributed by atoms with Gasteiger partial charge in [-0.05, 0) is 46.0 Å². The molecule has 0 bridgehead atoms. The summed E-state index contributed by atoms with van der Waals surface area (Å²) in [5.41, 5.74) is 4.09. The maximum Gasteiger partial charge on any atom is 0.0551 e. The molecule has 94 valence electrons. The van der Waals surface area contributed by atoms with Gasteiger partial charge in [0.05, 0.1) is 5.02 Å². The minimum atomic E-state index is 0.212. The largest absolute Gasteiger partial charge is 0.271 e. The first-order valence-electron chi connectivity index (χ1n) is 6.12. The predicted octanol–water partition coefficient (Wildman–Crippen LogP) is 4.19. The Kier molecular flexibility index (Phi) is 4.86. The van der Waals surface area contributed by atoms with Crippen LogP contribution in [0.3, 0.4) is 0 Å². The lowest BCUT2D eigenvalue weighted by atomic mass is 9.94. The molecule has 17 heavy (non-hydrogen) atoms. The summed E-state index contributed by atoms with van der Waals surface area (Å²) in [6.07, 6.45) is 6.51. The summed E-state index contributed by atoms with van der Waals surface area (Å²) in [5, 5.41) is 0.745. The molecule has 1 atom stereocenters. The minimum Gasteiger partial charge on any atom is -0.271 e. The second kappa shape index (κ2) is 6.19. The van der Waals surface area contributed by atoms with Crippen LogP contribution in [0.15, 0.2) is 22.7 Å². The molecule has 0 spiro atoms. The van der Waals surface area contributed by atoms with Crippen LogP contribution in [0, 0.1) is 5.92 Å². The molecule has 0 amide bonds. The summed E-state index contributed by atoms with van der Waals surface area (Å²) < 4.78 is 0.930. The Balaban J connectivity index is 2.08. The third-order valence-electron chi connectivity index (χ3n) is 3.59. The zero-order valence-electron chi connectivity index (χ0n) is 9.76. The van der Waals surface area contributed by atoms with Crippen molar-refractivity contribution in [3.63, 3.8) is 0 Å². The van der Waals surface area contributed by atoms with Crippen LogP contribution in [0.4, 0.5) is 0 Å². The summed E-state index contributed by atoms with van der Waals surface area (Å²) >= 11 is 9.52. The molecule has 1 aliphatic rings. The number of nitrogens with two attached hydrogens (primary N) is 1. The van der Waals surface area contributed by atoms with Gasteiger partial charge in [0.15, 0.2) is 0 Å². The summed E-state index contributed by atoms with van der Waals surface area (Å²) in [6, 6.07) is 6.26. The van der Waals surface area contributed by atoms with E-state index in [0.29, 0.717) is 0 Å². The fourth-order valence-electron chi connectivity index (χ4n) is 2.61. The van der Waals surface area contributed by atoms with Crippen LogP contribution in [0.1, 0.15) is 43.7 Å². The molecule has 0 aromatic heterocycles. The molecule has 0 aliphatic heterocycles. The van der Waals surface area contributed by atoms with Crippen molar-refractivity contribution in [2.24, 2.45) is 11.8 Å². The van der Waals surface area contributed by atoms with Gasteiger partial charge < -0.3 is 0 Å². The molecular formula is C13H18BrClN2. The van der Waals surface area contributed by atoms with E-state index in [1.807, 2.05) is 12.1 Å². The fraction of sp³-hybridized carbons (Fsp3) is 0.538. The van der Waals surface area contributed by atoms with Crippen LogP contribution in [0.2, 0.25) is 5.02 Å². The van der Waals surface area contributed by atoms with Crippen LogP contribution in [0.25, 0.3) is 0 Å². The highest BCUT2D eigenvalue weighted by atomic mass is 79.9. The van der Waals surface area contributed by atoms with E-state index >= 15 is 0 Å². The van der Waals surface area contributed by atoms with Gasteiger partial charge in [-0.3, -0.25) is 11.3 Å². The molecule has 0 saturated heterocycles. The van der Waals surface area contributed by atoms with E-state index in [1.165, 1.54) is 31.2 Å².